The molecular formula is C10H11NOS. The molecule has 3 rings (SSSR count). The van der Waals surface area contributed by atoms with E-state index in [0.717, 1.165) is 30.7 Å². The molecule has 0 N–H and O–H groups in total. The van der Waals surface area contributed by atoms with Crippen LogP contribution in [0.25, 0.3) is 0 Å². The van der Waals surface area contributed by atoms with Crippen molar-refractivity contribution in [2.45, 2.75) is 37.0 Å². The molecule has 1 heterocycles. The standard InChI is InChI=1S/C10H11NOS/c12-6-10(3-4-10)8-5-13-9(11-8)7-1-2-7/h5-7H,1-4H2. The van der Waals surface area contributed by atoms with E-state index in [1.54, 1.807) is 11.3 Å². The van der Waals surface area contributed by atoms with Crippen molar-refractivity contribution < 1.29 is 4.79 Å². The van der Waals surface area contributed by atoms with Crippen LogP contribution in [0.3, 0.4) is 0 Å². The highest BCUT2D eigenvalue weighted by atomic mass is 32.1. The van der Waals surface area contributed by atoms with Crippen molar-refractivity contribution >= 4 is 17.6 Å². The molecule has 0 bridgehead atoms. The van der Waals surface area contributed by atoms with Gasteiger partial charge < -0.3 is 4.79 Å². The number of carbonyl (C=O) groups excluding carboxylic acids is 1. The third-order valence-electron chi connectivity index (χ3n) is 2.97. The van der Waals surface area contributed by atoms with Gasteiger partial charge in [-0.1, -0.05) is 0 Å². The van der Waals surface area contributed by atoms with Gasteiger partial charge in [-0.3, -0.25) is 0 Å². The van der Waals surface area contributed by atoms with E-state index in [9.17, 15) is 4.79 Å². The van der Waals surface area contributed by atoms with Crippen LogP contribution >= 0.6 is 11.3 Å². The van der Waals surface area contributed by atoms with Crippen LogP contribution in [-0.4, -0.2) is 11.3 Å². The molecule has 2 aliphatic rings. The number of rotatable bonds is 3. The monoisotopic (exact) mass is 193 g/mol. The summed E-state index contributed by atoms with van der Waals surface area (Å²) < 4.78 is 0. The van der Waals surface area contributed by atoms with Gasteiger partial charge in [-0.2, -0.15) is 0 Å². The van der Waals surface area contributed by atoms with E-state index in [-0.39, 0.29) is 5.41 Å². The summed E-state index contributed by atoms with van der Waals surface area (Å²) in [7, 11) is 0. The Balaban J connectivity index is 1.92. The van der Waals surface area contributed by atoms with Crippen molar-refractivity contribution in [3.8, 4) is 0 Å². The molecule has 0 unspecified atom stereocenters. The predicted octanol–water partition coefficient (Wildman–Crippen LogP) is 2.25. The zero-order valence-corrected chi connectivity index (χ0v) is 8.14. The Kier molecular flexibility index (Phi) is 1.42. The zero-order valence-electron chi connectivity index (χ0n) is 7.32. The van der Waals surface area contributed by atoms with Gasteiger partial charge in [-0.05, 0) is 25.7 Å². The second-order valence-electron chi connectivity index (χ2n) is 4.12. The molecule has 2 fully saturated rings. The lowest BCUT2D eigenvalue weighted by molar-refractivity contribution is -0.109. The highest BCUT2D eigenvalue weighted by Gasteiger charge is 2.46. The molecule has 0 amide bonds. The molecule has 2 aliphatic carbocycles. The molecule has 0 aliphatic heterocycles. The Labute approximate surface area is 81.0 Å². The van der Waals surface area contributed by atoms with E-state index >= 15 is 0 Å². The van der Waals surface area contributed by atoms with Gasteiger partial charge >= 0.3 is 0 Å². The van der Waals surface area contributed by atoms with Gasteiger partial charge in [0.2, 0.25) is 0 Å². The second-order valence-corrected chi connectivity index (χ2v) is 5.01. The van der Waals surface area contributed by atoms with E-state index in [0.29, 0.717) is 0 Å². The second kappa shape index (κ2) is 2.41. The first kappa shape index (κ1) is 7.68. The molecule has 0 saturated heterocycles. The highest BCUT2D eigenvalue weighted by molar-refractivity contribution is 7.09. The third kappa shape index (κ3) is 1.14. The van der Waals surface area contributed by atoms with Gasteiger partial charge in [0.25, 0.3) is 0 Å². The topological polar surface area (TPSA) is 30.0 Å². The molecule has 1 aromatic heterocycles. The van der Waals surface area contributed by atoms with E-state index in [2.05, 4.69) is 10.4 Å². The number of nitrogens with zero attached hydrogens (tertiary/aromatic N) is 1. The summed E-state index contributed by atoms with van der Waals surface area (Å²) in [6.07, 6.45) is 5.68. The Hall–Kier alpha value is -0.700. The van der Waals surface area contributed by atoms with E-state index in [4.69, 9.17) is 0 Å². The van der Waals surface area contributed by atoms with Crippen molar-refractivity contribution in [2.75, 3.05) is 0 Å². The summed E-state index contributed by atoms with van der Waals surface area (Å²) in [5, 5.41) is 3.33. The van der Waals surface area contributed by atoms with Crippen molar-refractivity contribution in [1.82, 2.24) is 4.98 Å². The van der Waals surface area contributed by atoms with Crippen LogP contribution in [0.5, 0.6) is 0 Å². The highest BCUT2D eigenvalue weighted by Crippen LogP contribution is 2.48. The normalized spacial score (nSPS) is 24.3. The minimum absolute atomic E-state index is 0.163. The Morgan fingerprint density at radius 3 is 2.85 bits per heavy atom. The van der Waals surface area contributed by atoms with Gasteiger partial charge in [-0.25, -0.2) is 4.98 Å². The molecule has 68 valence electrons. The van der Waals surface area contributed by atoms with Crippen molar-refractivity contribution in [3.05, 3.63) is 16.1 Å². The van der Waals surface area contributed by atoms with Gasteiger partial charge in [0.1, 0.15) is 6.29 Å². The van der Waals surface area contributed by atoms with Crippen molar-refractivity contribution in [1.29, 1.82) is 0 Å². The summed E-state index contributed by atoms with van der Waals surface area (Å²) in [5.74, 6) is 0.723. The largest absolute Gasteiger partial charge is 0.302 e. The first-order valence-corrected chi connectivity index (χ1v) is 5.64. The lowest BCUT2D eigenvalue weighted by Crippen LogP contribution is -2.08. The van der Waals surface area contributed by atoms with Gasteiger partial charge in [-0.15, -0.1) is 11.3 Å². The van der Waals surface area contributed by atoms with Gasteiger partial charge in [0, 0.05) is 11.3 Å². The van der Waals surface area contributed by atoms with Crippen LogP contribution < -0.4 is 0 Å². The van der Waals surface area contributed by atoms with Crippen LogP contribution in [0.1, 0.15) is 42.3 Å². The summed E-state index contributed by atoms with van der Waals surface area (Å²) in [4.78, 5) is 15.4. The fourth-order valence-electron chi connectivity index (χ4n) is 1.60. The third-order valence-corrected chi connectivity index (χ3v) is 3.98. The lowest BCUT2D eigenvalue weighted by atomic mass is 10.1. The molecule has 0 spiro atoms. The molecule has 2 saturated carbocycles. The minimum atomic E-state index is -0.163. The Morgan fingerprint density at radius 2 is 2.31 bits per heavy atom. The average molecular weight is 193 g/mol. The van der Waals surface area contributed by atoms with Crippen LogP contribution in [0.15, 0.2) is 5.38 Å². The van der Waals surface area contributed by atoms with Crippen molar-refractivity contribution in [3.63, 3.8) is 0 Å². The number of hydrogen-bond acceptors (Lipinski definition) is 3. The number of aldehydes is 1. The molecule has 2 nitrogen and oxygen atoms in total. The first-order chi connectivity index (χ1) is 6.34. The van der Waals surface area contributed by atoms with Gasteiger partial charge in [0.05, 0.1) is 16.1 Å². The van der Waals surface area contributed by atoms with E-state index < -0.39 is 0 Å². The predicted molar refractivity (Wildman–Crippen MR) is 51.1 cm³/mol. The summed E-state index contributed by atoms with van der Waals surface area (Å²) in [5.41, 5.74) is 0.873. The van der Waals surface area contributed by atoms with Gasteiger partial charge in [0.15, 0.2) is 0 Å². The molecule has 13 heavy (non-hydrogen) atoms. The average Bonchev–Trinajstić information content (AvgIpc) is 3.07. The molecular weight excluding hydrogens is 182 g/mol. The van der Waals surface area contributed by atoms with Crippen LogP contribution in [-0.2, 0) is 10.2 Å². The maximum absolute atomic E-state index is 10.8. The fraction of sp³-hybridized carbons (Fsp3) is 0.600. The number of carbonyl (C=O) groups is 1. The zero-order chi connectivity index (χ0) is 8.89. The molecule has 3 heteroatoms. The molecule has 1 aromatic rings. The maximum atomic E-state index is 10.8. The Bertz CT molecular complexity index is 350. The number of thiazole rings is 1. The summed E-state index contributed by atoms with van der Waals surface area (Å²) in [6, 6.07) is 0. The van der Waals surface area contributed by atoms with E-state index in [1.165, 1.54) is 17.8 Å². The van der Waals surface area contributed by atoms with Crippen LogP contribution in [0.2, 0.25) is 0 Å². The van der Waals surface area contributed by atoms with Crippen molar-refractivity contribution in [2.24, 2.45) is 0 Å². The molecule has 0 radical (unpaired) electrons. The summed E-state index contributed by atoms with van der Waals surface area (Å²) in [6.45, 7) is 0. The molecule has 0 aromatic carbocycles. The first-order valence-electron chi connectivity index (χ1n) is 4.76. The lowest BCUT2D eigenvalue weighted by Gasteiger charge is -1.99. The SMILES string of the molecule is O=CC1(c2csc(C3CC3)n2)CC1. The summed E-state index contributed by atoms with van der Waals surface area (Å²) >= 11 is 1.73. The number of aromatic nitrogens is 1. The number of hydrogen-bond donors (Lipinski definition) is 0. The van der Waals surface area contributed by atoms with Crippen LogP contribution in [0.4, 0.5) is 0 Å². The maximum Gasteiger partial charge on any atom is 0.132 e. The fourth-order valence-corrected chi connectivity index (χ4v) is 2.70. The van der Waals surface area contributed by atoms with Crippen LogP contribution in [0, 0.1) is 0 Å². The minimum Gasteiger partial charge on any atom is -0.302 e. The molecule has 0 atom stereocenters. The Morgan fingerprint density at radius 1 is 1.54 bits per heavy atom. The van der Waals surface area contributed by atoms with E-state index in [1.807, 2.05) is 0 Å². The quantitative estimate of drug-likeness (QED) is 0.689. The smallest absolute Gasteiger partial charge is 0.132 e.